The molecule has 3 rings (SSSR count). The second-order valence-corrected chi connectivity index (χ2v) is 8.80. The van der Waals surface area contributed by atoms with Gasteiger partial charge in [0.2, 0.25) is 5.91 Å². The van der Waals surface area contributed by atoms with E-state index >= 15 is 0 Å². The molecule has 0 fully saturated rings. The Bertz CT molecular complexity index is 1130. The Kier molecular flexibility index (Phi) is 6.67. The van der Waals surface area contributed by atoms with Crippen molar-refractivity contribution in [2.45, 2.75) is 33.1 Å². The lowest BCUT2D eigenvalue weighted by atomic mass is 9.92. The van der Waals surface area contributed by atoms with E-state index < -0.39 is 0 Å². The summed E-state index contributed by atoms with van der Waals surface area (Å²) in [5.74, 6) is 0.586. The van der Waals surface area contributed by atoms with E-state index in [1.807, 2.05) is 37.3 Å². The van der Waals surface area contributed by atoms with Crippen molar-refractivity contribution >= 4 is 17.6 Å². The molecule has 1 aromatic heterocycles. The Morgan fingerprint density at radius 2 is 1.81 bits per heavy atom. The topological polar surface area (TPSA) is 76.5 Å². The summed E-state index contributed by atoms with van der Waals surface area (Å²) >= 11 is 0. The smallest absolute Gasteiger partial charge is 0.254 e. The second-order valence-electron chi connectivity index (χ2n) is 8.80. The van der Waals surface area contributed by atoms with Gasteiger partial charge in [0.25, 0.3) is 5.91 Å². The number of nitrogens with one attached hydrogen (secondary N) is 1. The van der Waals surface area contributed by atoms with E-state index in [1.165, 1.54) is 4.90 Å². The molecule has 0 unspecified atom stereocenters. The highest BCUT2D eigenvalue weighted by atomic mass is 16.5. The van der Waals surface area contributed by atoms with Gasteiger partial charge in [-0.1, -0.05) is 45.0 Å². The molecule has 2 amide bonds. The highest BCUT2D eigenvalue weighted by Gasteiger charge is 2.23. The molecule has 0 aliphatic rings. The lowest BCUT2D eigenvalue weighted by molar-refractivity contribution is -0.116. The van der Waals surface area contributed by atoms with Crippen molar-refractivity contribution in [2.24, 2.45) is 0 Å². The molecule has 0 saturated heterocycles. The van der Waals surface area contributed by atoms with Crippen LogP contribution in [0.1, 0.15) is 42.4 Å². The molecule has 2 aromatic carbocycles. The summed E-state index contributed by atoms with van der Waals surface area (Å²) in [6, 6.07) is 16.6. The van der Waals surface area contributed by atoms with Crippen LogP contribution in [0.15, 0.2) is 54.6 Å². The van der Waals surface area contributed by atoms with Gasteiger partial charge in [-0.3, -0.25) is 9.59 Å². The van der Waals surface area contributed by atoms with Crippen molar-refractivity contribution in [2.75, 3.05) is 26.0 Å². The van der Waals surface area contributed by atoms with Gasteiger partial charge in [0.05, 0.1) is 25.0 Å². The molecular weight excluding hydrogens is 404 g/mol. The zero-order chi connectivity index (χ0) is 23.5. The number of hydrogen-bond acceptors (Lipinski definition) is 4. The molecule has 7 nitrogen and oxygen atoms in total. The number of ether oxygens (including phenoxy) is 1. The van der Waals surface area contributed by atoms with Gasteiger partial charge >= 0.3 is 0 Å². The summed E-state index contributed by atoms with van der Waals surface area (Å²) in [6.07, 6.45) is 0. The molecular formula is C25H30N4O3. The number of benzene rings is 2. The molecule has 0 spiro atoms. The maximum absolute atomic E-state index is 12.8. The average molecular weight is 435 g/mol. The van der Waals surface area contributed by atoms with Crippen LogP contribution >= 0.6 is 0 Å². The number of aryl methyl sites for hydroxylation is 1. The summed E-state index contributed by atoms with van der Waals surface area (Å²) in [6.45, 7) is 8.12. The summed E-state index contributed by atoms with van der Waals surface area (Å²) in [5, 5.41) is 7.69. The lowest BCUT2D eigenvalue weighted by Gasteiger charge is -2.17. The van der Waals surface area contributed by atoms with E-state index in [-0.39, 0.29) is 23.8 Å². The molecule has 0 saturated carbocycles. The molecule has 7 heteroatoms. The summed E-state index contributed by atoms with van der Waals surface area (Å²) < 4.78 is 6.93. The van der Waals surface area contributed by atoms with Crippen LogP contribution in [-0.2, 0) is 10.2 Å². The second kappa shape index (κ2) is 9.26. The van der Waals surface area contributed by atoms with Gasteiger partial charge in [-0.05, 0) is 36.8 Å². The van der Waals surface area contributed by atoms with Crippen molar-refractivity contribution < 1.29 is 14.3 Å². The third kappa shape index (κ3) is 5.17. The summed E-state index contributed by atoms with van der Waals surface area (Å²) in [5.41, 5.74) is 3.06. The third-order valence-electron chi connectivity index (χ3n) is 5.13. The van der Waals surface area contributed by atoms with E-state index in [0.717, 1.165) is 16.9 Å². The summed E-state index contributed by atoms with van der Waals surface area (Å²) in [4.78, 5) is 27.0. The fourth-order valence-electron chi connectivity index (χ4n) is 3.27. The number of carbonyl (C=O) groups excluding carboxylic acids is 2. The first kappa shape index (κ1) is 23.1. The maximum atomic E-state index is 12.8. The van der Waals surface area contributed by atoms with E-state index in [9.17, 15) is 9.59 Å². The minimum absolute atomic E-state index is 0.0974. The van der Waals surface area contributed by atoms with Crippen LogP contribution in [0.3, 0.4) is 0 Å². The highest BCUT2D eigenvalue weighted by molar-refractivity contribution is 5.99. The zero-order valence-electron chi connectivity index (χ0n) is 19.5. The molecule has 1 heterocycles. The number of anilines is 1. The first-order valence-electron chi connectivity index (χ1n) is 10.5. The number of likely N-dealkylation sites (N-methyl/N-ethyl adjacent to an activating group) is 1. The first-order valence-corrected chi connectivity index (χ1v) is 10.5. The van der Waals surface area contributed by atoms with Crippen LogP contribution in [0, 0.1) is 6.92 Å². The molecule has 0 atom stereocenters. The Balaban J connectivity index is 1.81. The van der Waals surface area contributed by atoms with E-state index in [0.29, 0.717) is 17.1 Å². The van der Waals surface area contributed by atoms with Gasteiger partial charge in [-0.15, -0.1) is 0 Å². The molecule has 0 aliphatic carbocycles. The van der Waals surface area contributed by atoms with Crippen LogP contribution in [0.25, 0.3) is 5.69 Å². The Hall–Kier alpha value is -3.61. The number of rotatable bonds is 6. The van der Waals surface area contributed by atoms with Gasteiger partial charge in [-0.2, -0.15) is 5.10 Å². The van der Waals surface area contributed by atoms with Crippen molar-refractivity contribution in [3.8, 4) is 11.4 Å². The third-order valence-corrected chi connectivity index (χ3v) is 5.13. The number of para-hydroxylation sites is 1. The molecule has 32 heavy (non-hydrogen) atoms. The van der Waals surface area contributed by atoms with E-state index in [4.69, 9.17) is 9.84 Å². The SMILES string of the molecule is COc1cccc(C(=O)N(C)CC(=O)Nc2cc(C(C)(C)C)nn2-c2ccccc2C)c1. The number of amides is 2. The Morgan fingerprint density at radius 1 is 1.09 bits per heavy atom. The Morgan fingerprint density at radius 3 is 2.47 bits per heavy atom. The van der Waals surface area contributed by atoms with Crippen molar-refractivity contribution in [1.29, 1.82) is 0 Å². The van der Waals surface area contributed by atoms with Crippen molar-refractivity contribution in [3.05, 3.63) is 71.4 Å². The molecule has 0 bridgehead atoms. The van der Waals surface area contributed by atoms with Crippen LogP contribution in [0.4, 0.5) is 5.82 Å². The molecule has 0 aliphatic heterocycles. The van der Waals surface area contributed by atoms with Crippen molar-refractivity contribution in [1.82, 2.24) is 14.7 Å². The quantitative estimate of drug-likeness (QED) is 0.631. The van der Waals surface area contributed by atoms with Gasteiger partial charge < -0.3 is 15.0 Å². The monoisotopic (exact) mass is 434 g/mol. The lowest BCUT2D eigenvalue weighted by Crippen LogP contribution is -2.35. The van der Waals surface area contributed by atoms with Gasteiger partial charge in [0, 0.05) is 24.1 Å². The van der Waals surface area contributed by atoms with Crippen LogP contribution in [0.5, 0.6) is 5.75 Å². The van der Waals surface area contributed by atoms with Gasteiger partial charge in [0.15, 0.2) is 0 Å². The number of nitrogens with zero attached hydrogens (tertiary/aromatic N) is 3. The minimum Gasteiger partial charge on any atom is -0.497 e. The molecule has 0 radical (unpaired) electrons. The first-order chi connectivity index (χ1) is 15.1. The van der Waals surface area contributed by atoms with Crippen LogP contribution in [-0.4, -0.2) is 47.2 Å². The maximum Gasteiger partial charge on any atom is 0.254 e. The molecule has 3 aromatic rings. The number of carbonyl (C=O) groups is 2. The summed E-state index contributed by atoms with van der Waals surface area (Å²) in [7, 11) is 3.14. The molecule has 1 N–H and O–H groups in total. The van der Waals surface area contributed by atoms with Crippen molar-refractivity contribution in [3.63, 3.8) is 0 Å². The van der Waals surface area contributed by atoms with Crippen LogP contribution < -0.4 is 10.1 Å². The molecule has 168 valence electrons. The van der Waals surface area contributed by atoms with Gasteiger partial charge in [0.1, 0.15) is 11.6 Å². The minimum atomic E-state index is -0.307. The van der Waals surface area contributed by atoms with E-state index in [2.05, 4.69) is 26.1 Å². The normalized spacial score (nSPS) is 11.2. The number of methoxy groups -OCH3 is 1. The van der Waals surface area contributed by atoms with Crippen LogP contribution in [0.2, 0.25) is 0 Å². The standard InChI is InChI=1S/C25H30N4O3/c1-17-10-7-8-13-20(17)29-22(15-21(27-29)25(2,3)4)26-23(30)16-28(5)24(31)18-11-9-12-19(14-18)32-6/h7-15H,16H2,1-6H3,(H,26,30). The highest BCUT2D eigenvalue weighted by Crippen LogP contribution is 2.27. The van der Waals surface area contributed by atoms with Gasteiger partial charge in [-0.25, -0.2) is 4.68 Å². The predicted molar refractivity (Wildman–Crippen MR) is 126 cm³/mol. The average Bonchev–Trinajstić information content (AvgIpc) is 3.17. The number of hydrogen-bond donors (Lipinski definition) is 1. The fourth-order valence-corrected chi connectivity index (χ4v) is 3.27. The predicted octanol–water partition coefficient (Wildman–Crippen LogP) is 4.20. The Labute approximate surface area is 189 Å². The van der Waals surface area contributed by atoms with E-state index in [1.54, 1.807) is 43.1 Å². The fraction of sp³-hybridized carbons (Fsp3) is 0.320. The zero-order valence-corrected chi connectivity index (χ0v) is 19.5. The number of aromatic nitrogens is 2. The largest absolute Gasteiger partial charge is 0.497 e.